The van der Waals surface area contributed by atoms with E-state index in [1.54, 1.807) is 0 Å². The molecule has 0 aromatic carbocycles. The van der Waals surface area contributed by atoms with Gasteiger partial charge in [0, 0.05) is 19.0 Å². The lowest BCUT2D eigenvalue weighted by molar-refractivity contribution is -0.107. The Morgan fingerprint density at radius 3 is 2.80 bits per heavy atom. The molecule has 0 bridgehead atoms. The Morgan fingerprint density at radius 1 is 1.35 bits per heavy atom. The maximum Gasteiger partial charge on any atom is 0.145 e. The van der Waals surface area contributed by atoms with Gasteiger partial charge in [0.2, 0.25) is 0 Å². The van der Waals surface area contributed by atoms with Gasteiger partial charge in [0.1, 0.15) is 5.82 Å². The Bertz CT molecular complexity index is 417. The Morgan fingerprint density at radius 2 is 2.10 bits per heavy atom. The summed E-state index contributed by atoms with van der Waals surface area (Å²) in [7, 11) is 2.01. The molecular weight excluding hydrogens is 270 g/mol. The van der Waals surface area contributed by atoms with E-state index >= 15 is 0 Å². The first-order valence-electron chi connectivity index (χ1n) is 7.49. The minimum atomic E-state index is 0.123. The quantitative estimate of drug-likeness (QED) is 0.927. The SMILES string of the molecule is CNC(c1ncccn1)C1CCOC2(CCSCC2)C1. The van der Waals surface area contributed by atoms with Crippen LogP contribution in [-0.4, -0.2) is 40.7 Å². The number of hydrogen-bond donors (Lipinski definition) is 1. The van der Waals surface area contributed by atoms with Crippen LogP contribution < -0.4 is 5.32 Å². The zero-order valence-corrected chi connectivity index (χ0v) is 12.9. The van der Waals surface area contributed by atoms with E-state index in [0.717, 1.165) is 25.3 Å². The van der Waals surface area contributed by atoms with Gasteiger partial charge in [-0.1, -0.05) is 0 Å². The van der Waals surface area contributed by atoms with E-state index in [2.05, 4.69) is 27.0 Å². The normalized spacial score (nSPS) is 27.4. The third kappa shape index (κ3) is 3.00. The highest BCUT2D eigenvalue weighted by atomic mass is 32.2. The van der Waals surface area contributed by atoms with Gasteiger partial charge in [-0.3, -0.25) is 0 Å². The van der Waals surface area contributed by atoms with Crippen molar-refractivity contribution in [1.29, 1.82) is 0 Å². The van der Waals surface area contributed by atoms with Gasteiger partial charge in [-0.05, 0) is 56.2 Å². The summed E-state index contributed by atoms with van der Waals surface area (Å²) >= 11 is 2.05. The van der Waals surface area contributed by atoms with E-state index in [9.17, 15) is 0 Å². The lowest BCUT2D eigenvalue weighted by Crippen LogP contribution is -2.45. The van der Waals surface area contributed by atoms with Gasteiger partial charge in [-0.15, -0.1) is 0 Å². The van der Waals surface area contributed by atoms with Crippen LogP contribution in [0.25, 0.3) is 0 Å². The monoisotopic (exact) mass is 293 g/mol. The van der Waals surface area contributed by atoms with Crippen LogP contribution in [0, 0.1) is 5.92 Å². The number of ether oxygens (including phenoxy) is 1. The van der Waals surface area contributed by atoms with Crippen LogP contribution in [0.3, 0.4) is 0 Å². The minimum Gasteiger partial charge on any atom is -0.375 e. The molecule has 2 unspecified atom stereocenters. The van der Waals surface area contributed by atoms with Gasteiger partial charge in [0.15, 0.2) is 0 Å². The first-order chi connectivity index (χ1) is 9.83. The fraction of sp³-hybridized carbons (Fsp3) is 0.733. The van der Waals surface area contributed by atoms with Crippen molar-refractivity contribution in [3.8, 4) is 0 Å². The molecule has 0 saturated carbocycles. The van der Waals surface area contributed by atoms with E-state index < -0.39 is 0 Å². The molecule has 4 nitrogen and oxygen atoms in total. The van der Waals surface area contributed by atoms with E-state index in [-0.39, 0.29) is 11.6 Å². The van der Waals surface area contributed by atoms with Crippen molar-refractivity contribution < 1.29 is 4.74 Å². The summed E-state index contributed by atoms with van der Waals surface area (Å²) in [6.45, 7) is 0.875. The Labute approximate surface area is 125 Å². The van der Waals surface area contributed by atoms with Gasteiger partial charge in [0.05, 0.1) is 11.6 Å². The number of hydrogen-bond acceptors (Lipinski definition) is 5. The average Bonchev–Trinajstić information content (AvgIpc) is 2.50. The standard InChI is InChI=1S/C15H23N3OS/c1-16-13(14-17-6-2-7-18-14)12-3-8-19-15(11-12)4-9-20-10-5-15/h2,6-7,12-13,16H,3-5,8-11H2,1H3. The predicted octanol–water partition coefficient (Wildman–Crippen LogP) is 2.43. The van der Waals surface area contributed by atoms with E-state index in [1.165, 1.54) is 24.3 Å². The number of rotatable bonds is 3. The van der Waals surface area contributed by atoms with Gasteiger partial charge in [0.25, 0.3) is 0 Å². The number of nitrogens with one attached hydrogen (secondary N) is 1. The molecule has 3 heterocycles. The van der Waals surface area contributed by atoms with Crippen molar-refractivity contribution in [2.75, 3.05) is 25.2 Å². The molecule has 5 heteroatoms. The van der Waals surface area contributed by atoms with Crippen LogP contribution in [-0.2, 0) is 4.74 Å². The van der Waals surface area contributed by atoms with E-state index in [1.807, 2.05) is 25.5 Å². The molecule has 0 aliphatic carbocycles. The van der Waals surface area contributed by atoms with Crippen LogP contribution in [0.5, 0.6) is 0 Å². The summed E-state index contributed by atoms with van der Waals surface area (Å²) in [4.78, 5) is 8.88. The van der Waals surface area contributed by atoms with Gasteiger partial charge in [-0.2, -0.15) is 11.8 Å². The minimum absolute atomic E-state index is 0.123. The molecule has 20 heavy (non-hydrogen) atoms. The van der Waals surface area contributed by atoms with Crippen molar-refractivity contribution in [2.45, 2.75) is 37.3 Å². The van der Waals surface area contributed by atoms with E-state index in [4.69, 9.17) is 4.74 Å². The summed E-state index contributed by atoms with van der Waals surface area (Å²) in [6.07, 6.45) is 8.29. The number of aromatic nitrogens is 2. The van der Waals surface area contributed by atoms with Crippen LogP contribution >= 0.6 is 11.8 Å². The zero-order valence-electron chi connectivity index (χ0n) is 12.0. The summed E-state index contributed by atoms with van der Waals surface area (Å²) in [5.74, 6) is 3.96. The largest absolute Gasteiger partial charge is 0.375 e. The van der Waals surface area contributed by atoms with Gasteiger partial charge >= 0.3 is 0 Å². The van der Waals surface area contributed by atoms with Crippen LogP contribution in [0.15, 0.2) is 18.5 Å². The fourth-order valence-electron chi connectivity index (χ4n) is 3.49. The molecular formula is C15H23N3OS. The van der Waals surface area contributed by atoms with Crippen molar-refractivity contribution in [3.05, 3.63) is 24.3 Å². The Hall–Kier alpha value is -0.650. The molecule has 1 aromatic rings. The molecule has 1 aromatic heterocycles. The first kappa shape index (κ1) is 14.3. The highest BCUT2D eigenvalue weighted by molar-refractivity contribution is 7.99. The topological polar surface area (TPSA) is 47.0 Å². The van der Waals surface area contributed by atoms with Crippen molar-refractivity contribution in [1.82, 2.24) is 15.3 Å². The molecule has 2 aliphatic rings. The average molecular weight is 293 g/mol. The summed E-state index contributed by atoms with van der Waals surface area (Å²) in [5.41, 5.74) is 0.123. The maximum atomic E-state index is 6.19. The van der Waals surface area contributed by atoms with E-state index in [0.29, 0.717) is 5.92 Å². The van der Waals surface area contributed by atoms with Crippen molar-refractivity contribution in [3.63, 3.8) is 0 Å². The lowest BCUT2D eigenvalue weighted by Gasteiger charge is -2.45. The smallest absolute Gasteiger partial charge is 0.145 e. The van der Waals surface area contributed by atoms with Gasteiger partial charge in [-0.25, -0.2) is 9.97 Å². The third-order valence-corrected chi connectivity index (χ3v) is 5.57. The first-order valence-corrected chi connectivity index (χ1v) is 8.64. The maximum absolute atomic E-state index is 6.19. The van der Waals surface area contributed by atoms with Crippen LogP contribution in [0.2, 0.25) is 0 Å². The molecule has 3 rings (SSSR count). The number of nitrogens with zero attached hydrogens (tertiary/aromatic N) is 2. The van der Waals surface area contributed by atoms with Crippen molar-refractivity contribution >= 4 is 11.8 Å². The zero-order chi connectivity index (χ0) is 13.8. The molecule has 110 valence electrons. The fourth-order valence-corrected chi connectivity index (χ4v) is 4.73. The molecule has 1 spiro atoms. The number of thioether (sulfide) groups is 1. The third-order valence-electron chi connectivity index (χ3n) is 4.58. The van der Waals surface area contributed by atoms with Gasteiger partial charge < -0.3 is 10.1 Å². The molecule has 0 radical (unpaired) electrons. The highest BCUT2D eigenvalue weighted by Crippen LogP contribution is 2.42. The van der Waals surface area contributed by atoms with Crippen molar-refractivity contribution in [2.24, 2.45) is 5.92 Å². The molecule has 2 aliphatic heterocycles. The highest BCUT2D eigenvalue weighted by Gasteiger charge is 2.41. The molecule has 2 fully saturated rings. The second-order valence-corrected chi connectivity index (χ2v) is 6.99. The second-order valence-electron chi connectivity index (χ2n) is 5.77. The summed E-state index contributed by atoms with van der Waals surface area (Å²) in [5, 5.41) is 3.42. The molecule has 1 N–H and O–H groups in total. The molecule has 2 atom stereocenters. The lowest BCUT2D eigenvalue weighted by atomic mass is 9.78. The summed E-state index contributed by atoms with van der Waals surface area (Å²) in [6, 6.07) is 2.12. The Kier molecular flexibility index (Phi) is 4.58. The van der Waals surface area contributed by atoms with Crippen LogP contribution in [0.4, 0.5) is 0 Å². The second kappa shape index (κ2) is 6.41. The molecule has 2 saturated heterocycles. The summed E-state index contributed by atoms with van der Waals surface area (Å²) < 4.78 is 6.19. The molecule has 0 amide bonds. The van der Waals surface area contributed by atoms with Crippen LogP contribution in [0.1, 0.15) is 37.5 Å². The predicted molar refractivity (Wildman–Crippen MR) is 81.8 cm³/mol. The Balaban J connectivity index is 1.75.